The van der Waals surface area contributed by atoms with E-state index in [-0.39, 0.29) is 16.4 Å². The van der Waals surface area contributed by atoms with Crippen LogP contribution in [0.3, 0.4) is 0 Å². The second kappa shape index (κ2) is 5.27. The molecule has 0 amide bonds. The average molecular weight is 248 g/mol. The Labute approximate surface area is 106 Å². The normalized spacial score (nSPS) is 16.8. The Bertz CT molecular complexity index is 485. The molecule has 1 aliphatic rings. The number of nitrogens with zero attached hydrogens (tertiary/aromatic N) is 2. The predicted octanol–water partition coefficient (Wildman–Crippen LogP) is 2.07. The standard InChI is InChI=1S/C13H16N2O3/c1-10-11(4-2-6-13(10)15(17)18)8-14-7-3-5-12(16)9-14/h2,4,6H,3,5,7-9H2,1H3. The van der Waals surface area contributed by atoms with Crippen LogP contribution in [0.25, 0.3) is 0 Å². The highest BCUT2D eigenvalue weighted by atomic mass is 16.6. The summed E-state index contributed by atoms with van der Waals surface area (Å²) in [5.74, 6) is 0.254. The van der Waals surface area contributed by atoms with Gasteiger partial charge in [0.2, 0.25) is 0 Å². The van der Waals surface area contributed by atoms with E-state index in [2.05, 4.69) is 4.90 Å². The zero-order chi connectivity index (χ0) is 13.1. The number of Topliss-reactive ketones (excluding diaryl/α,β-unsaturated/α-hetero) is 1. The molecule has 18 heavy (non-hydrogen) atoms. The Balaban J connectivity index is 2.16. The topological polar surface area (TPSA) is 63.5 Å². The van der Waals surface area contributed by atoms with Gasteiger partial charge in [-0.3, -0.25) is 19.8 Å². The Hall–Kier alpha value is -1.75. The number of nitro groups is 1. The molecule has 0 radical (unpaired) electrons. The van der Waals surface area contributed by atoms with Crippen molar-refractivity contribution in [2.45, 2.75) is 26.3 Å². The number of carbonyl (C=O) groups excluding carboxylic acids is 1. The van der Waals surface area contributed by atoms with Gasteiger partial charge in [-0.1, -0.05) is 12.1 Å². The van der Waals surface area contributed by atoms with Gasteiger partial charge in [0.1, 0.15) is 5.78 Å². The van der Waals surface area contributed by atoms with Crippen LogP contribution in [-0.2, 0) is 11.3 Å². The summed E-state index contributed by atoms with van der Waals surface area (Å²) in [5.41, 5.74) is 1.77. The molecule has 0 saturated carbocycles. The van der Waals surface area contributed by atoms with Gasteiger partial charge in [-0.25, -0.2) is 0 Å². The van der Waals surface area contributed by atoms with Gasteiger partial charge in [0.25, 0.3) is 5.69 Å². The smallest absolute Gasteiger partial charge is 0.272 e. The molecule has 1 aromatic carbocycles. The van der Waals surface area contributed by atoms with Gasteiger partial charge in [-0.05, 0) is 25.5 Å². The Morgan fingerprint density at radius 2 is 2.22 bits per heavy atom. The summed E-state index contributed by atoms with van der Waals surface area (Å²) < 4.78 is 0. The Morgan fingerprint density at radius 1 is 1.44 bits per heavy atom. The highest BCUT2D eigenvalue weighted by Crippen LogP contribution is 2.23. The summed E-state index contributed by atoms with van der Waals surface area (Å²) in [7, 11) is 0. The molecule has 5 nitrogen and oxygen atoms in total. The van der Waals surface area contributed by atoms with Crippen LogP contribution in [0.15, 0.2) is 18.2 Å². The third-order valence-electron chi connectivity index (χ3n) is 3.34. The first kappa shape index (κ1) is 12.7. The van der Waals surface area contributed by atoms with Crippen molar-refractivity contribution in [2.24, 2.45) is 0 Å². The fraction of sp³-hybridized carbons (Fsp3) is 0.462. The highest BCUT2D eigenvalue weighted by molar-refractivity contribution is 5.81. The van der Waals surface area contributed by atoms with Crippen molar-refractivity contribution in [3.63, 3.8) is 0 Å². The maximum absolute atomic E-state index is 11.4. The first-order valence-corrected chi connectivity index (χ1v) is 6.05. The van der Waals surface area contributed by atoms with Crippen molar-refractivity contribution in [1.82, 2.24) is 4.90 Å². The van der Waals surface area contributed by atoms with Gasteiger partial charge >= 0.3 is 0 Å². The lowest BCUT2D eigenvalue weighted by molar-refractivity contribution is -0.385. The molecule has 0 aromatic heterocycles. The van der Waals surface area contributed by atoms with Crippen LogP contribution in [-0.4, -0.2) is 28.7 Å². The van der Waals surface area contributed by atoms with E-state index in [9.17, 15) is 14.9 Å². The minimum Gasteiger partial charge on any atom is -0.298 e. The minimum absolute atomic E-state index is 0.149. The SMILES string of the molecule is Cc1c(CN2CCCC(=O)C2)cccc1[N+](=O)[O-]. The molecule has 2 rings (SSSR count). The molecule has 1 aromatic rings. The largest absolute Gasteiger partial charge is 0.298 e. The third kappa shape index (κ3) is 2.73. The van der Waals surface area contributed by atoms with Gasteiger partial charge in [-0.15, -0.1) is 0 Å². The molecule has 0 atom stereocenters. The fourth-order valence-electron chi connectivity index (χ4n) is 2.32. The Morgan fingerprint density at radius 3 is 2.89 bits per heavy atom. The summed E-state index contributed by atoms with van der Waals surface area (Å²) in [4.78, 5) is 23.9. The second-order valence-corrected chi connectivity index (χ2v) is 4.67. The molecule has 5 heteroatoms. The van der Waals surface area contributed by atoms with Gasteiger partial charge < -0.3 is 0 Å². The van der Waals surface area contributed by atoms with E-state index < -0.39 is 0 Å². The van der Waals surface area contributed by atoms with Crippen molar-refractivity contribution in [3.8, 4) is 0 Å². The van der Waals surface area contributed by atoms with Gasteiger partial charge in [0, 0.05) is 24.6 Å². The third-order valence-corrected chi connectivity index (χ3v) is 3.34. The summed E-state index contributed by atoms with van der Waals surface area (Å²) in [6, 6.07) is 5.10. The van der Waals surface area contributed by atoms with E-state index in [0.717, 1.165) is 18.5 Å². The summed E-state index contributed by atoms with van der Waals surface area (Å²) in [5, 5.41) is 10.9. The van der Waals surface area contributed by atoms with Crippen molar-refractivity contribution in [1.29, 1.82) is 0 Å². The van der Waals surface area contributed by atoms with Crippen LogP contribution in [0.1, 0.15) is 24.0 Å². The summed E-state index contributed by atoms with van der Waals surface area (Å²) in [6.45, 7) is 3.72. The summed E-state index contributed by atoms with van der Waals surface area (Å²) in [6.07, 6.45) is 1.54. The van der Waals surface area contributed by atoms with E-state index in [1.807, 2.05) is 6.07 Å². The van der Waals surface area contributed by atoms with Crippen LogP contribution in [0, 0.1) is 17.0 Å². The number of hydrogen-bond acceptors (Lipinski definition) is 4. The quantitative estimate of drug-likeness (QED) is 0.606. The zero-order valence-electron chi connectivity index (χ0n) is 10.4. The number of ketones is 1. The number of benzene rings is 1. The molecule has 0 unspecified atom stereocenters. The van der Waals surface area contributed by atoms with Gasteiger partial charge in [-0.2, -0.15) is 0 Å². The first-order chi connectivity index (χ1) is 8.58. The lowest BCUT2D eigenvalue weighted by Crippen LogP contribution is -2.35. The van der Waals surface area contributed by atoms with Crippen LogP contribution in [0.2, 0.25) is 0 Å². The molecule has 0 aliphatic carbocycles. The lowest BCUT2D eigenvalue weighted by atomic mass is 10.0. The number of nitro benzene ring substituents is 1. The zero-order valence-corrected chi connectivity index (χ0v) is 10.4. The molecular formula is C13H16N2O3. The minimum atomic E-state index is -0.361. The average Bonchev–Trinajstić information content (AvgIpc) is 2.31. The van der Waals surface area contributed by atoms with E-state index in [0.29, 0.717) is 25.1 Å². The second-order valence-electron chi connectivity index (χ2n) is 4.67. The molecule has 1 heterocycles. The maximum atomic E-state index is 11.4. The van der Waals surface area contributed by atoms with Gasteiger partial charge in [0.05, 0.1) is 11.5 Å². The van der Waals surface area contributed by atoms with Crippen LogP contribution in [0.5, 0.6) is 0 Å². The number of likely N-dealkylation sites (tertiary alicyclic amines) is 1. The van der Waals surface area contributed by atoms with E-state index in [1.54, 1.807) is 13.0 Å². The molecule has 0 spiro atoms. The van der Waals surface area contributed by atoms with Crippen LogP contribution < -0.4 is 0 Å². The van der Waals surface area contributed by atoms with Gasteiger partial charge in [0.15, 0.2) is 0 Å². The molecule has 1 aliphatic heterocycles. The van der Waals surface area contributed by atoms with Crippen molar-refractivity contribution < 1.29 is 9.72 Å². The molecule has 0 N–H and O–H groups in total. The summed E-state index contributed by atoms with van der Waals surface area (Å²) >= 11 is 0. The first-order valence-electron chi connectivity index (χ1n) is 6.05. The highest BCUT2D eigenvalue weighted by Gasteiger charge is 2.19. The molecule has 96 valence electrons. The molecule has 1 saturated heterocycles. The fourth-order valence-corrected chi connectivity index (χ4v) is 2.32. The molecule has 0 bridgehead atoms. The van der Waals surface area contributed by atoms with E-state index in [1.165, 1.54) is 6.07 Å². The molecule has 1 fully saturated rings. The predicted molar refractivity (Wildman–Crippen MR) is 67.4 cm³/mol. The van der Waals surface area contributed by atoms with Crippen LogP contribution >= 0.6 is 0 Å². The number of piperidine rings is 1. The van der Waals surface area contributed by atoms with E-state index >= 15 is 0 Å². The van der Waals surface area contributed by atoms with Crippen molar-refractivity contribution in [2.75, 3.05) is 13.1 Å². The Kier molecular flexibility index (Phi) is 3.72. The maximum Gasteiger partial charge on any atom is 0.272 e. The number of carbonyl (C=O) groups is 1. The van der Waals surface area contributed by atoms with Crippen molar-refractivity contribution >= 4 is 11.5 Å². The van der Waals surface area contributed by atoms with E-state index in [4.69, 9.17) is 0 Å². The monoisotopic (exact) mass is 248 g/mol. The number of hydrogen-bond donors (Lipinski definition) is 0. The lowest BCUT2D eigenvalue weighted by Gasteiger charge is -2.26. The van der Waals surface area contributed by atoms with Crippen molar-refractivity contribution in [3.05, 3.63) is 39.4 Å². The molecular weight excluding hydrogens is 232 g/mol. The van der Waals surface area contributed by atoms with Crippen LogP contribution in [0.4, 0.5) is 5.69 Å². The number of rotatable bonds is 3.